The lowest BCUT2D eigenvalue weighted by atomic mass is 9.81. The number of aromatic amines is 1. The van der Waals surface area contributed by atoms with E-state index in [1.165, 1.54) is 38.7 Å². The SMILES string of the molecule is CCC(c1c[nH]c2ccccc12)c1c2[n+](cc3c(OC)c(OC)ccc13)CCc1cc3c(cc1-2)OCO3.[I-]. The molecule has 38 heavy (non-hydrogen) atoms. The minimum Gasteiger partial charge on any atom is -1.00 e. The summed E-state index contributed by atoms with van der Waals surface area (Å²) in [4.78, 5) is 3.51. The van der Waals surface area contributed by atoms with Crippen LogP contribution in [0.2, 0.25) is 0 Å². The average molecular weight is 620 g/mol. The molecule has 0 bridgehead atoms. The number of hydrogen-bond acceptors (Lipinski definition) is 4. The molecule has 6 nitrogen and oxygen atoms in total. The molecule has 1 N–H and O–H groups in total. The number of ether oxygens (including phenoxy) is 4. The molecule has 194 valence electrons. The summed E-state index contributed by atoms with van der Waals surface area (Å²) in [6.45, 7) is 3.41. The van der Waals surface area contributed by atoms with Crippen molar-refractivity contribution in [1.29, 1.82) is 0 Å². The number of hydrogen-bond donors (Lipinski definition) is 1. The van der Waals surface area contributed by atoms with Gasteiger partial charge in [-0.05, 0) is 47.9 Å². The molecular formula is C31H29IN2O4. The quantitative estimate of drug-likeness (QED) is 0.243. The fraction of sp³-hybridized carbons (Fsp3) is 0.258. The van der Waals surface area contributed by atoms with Crippen LogP contribution < -0.4 is 47.5 Å². The first kappa shape index (κ1) is 24.9. The number of nitrogens with one attached hydrogen (secondary N) is 1. The van der Waals surface area contributed by atoms with E-state index in [1.54, 1.807) is 14.2 Å². The minimum absolute atomic E-state index is 0. The van der Waals surface area contributed by atoms with E-state index in [0.717, 1.165) is 53.3 Å². The first-order valence-corrected chi connectivity index (χ1v) is 12.8. The molecule has 1 unspecified atom stereocenters. The van der Waals surface area contributed by atoms with Gasteiger partial charge in [0, 0.05) is 40.4 Å². The standard InChI is InChI=1S/C31H29N2O4.HI/c1-4-19(23-15-32-25-8-6-5-7-20(23)25)29-21-9-10-26(34-2)31(35-3)24(21)16-33-12-11-18-13-27-28(37-17-36-27)14-22(18)30(29)33;/h5-10,13-16,19,32H,4,11-12,17H2,1-3H3;1H/q+1;/p-1. The summed E-state index contributed by atoms with van der Waals surface area (Å²) < 4.78 is 25.5. The van der Waals surface area contributed by atoms with Crippen LogP contribution in [0.4, 0.5) is 0 Å². The Morgan fingerprint density at radius 3 is 2.58 bits per heavy atom. The van der Waals surface area contributed by atoms with Gasteiger partial charge in [0.1, 0.15) is 0 Å². The van der Waals surface area contributed by atoms with Gasteiger partial charge in [0.05, 0.1) is 25.2 Å². The first-order valence-electron chi connectivity index (χ1n) is 12.8. The smallest absolute Gasteiger partial charge is 0.231 e. The molecule has 0 radical (unpaired) electrons. The van der Waals surface area contributed by atoms with Gasteiger partial charge >= 0.3 is 0 Å². The first-order chi connectivity index (χ1) is 18.2. The Morgan fingerprint density at radius 2 is 1.79 bits per heavy atom. The van der Waals surface area contributed by atoms with Crippen molar-refractivity contribution in [2.24, 2.45) is 0 Å². The number of nitrogens with zero attached hydrogens (tertiary/aromatic N) is 1. The normalized spacial score (nSPS) is 14.1. The highest BCUT2D eigenvalue weighted by molar-refractivity contribution is 5.97. The molecule has 7 rings (SSSR count). The molecule has 2 aliphatic heterocycles. The molecule has 5 aromatic rings. The Labute approximate surface area is 238 Å². The molecule has 4 heterocycles. The van der Waals surface area contributed by atoms with Crippen molar-refractivity contribution in [3.05, 3.63) is 77.6 Å². The third-order valence-corrected chi connectivity index (χ3v) is 7.93. The number of fused-ring (bicyclic) bond motifs is 6. The van der Waals surface area contributed by atoms with E-state index >= 15 is 0 Å². The monoisotopic (exact) mass is 620 g/mol. The van der Waals surface area contributed by atoms with Gasteiger partial charge in [-0.1, -0.05) is 25.1 Å². The Bertz CT molecular complexity index is 1690. The van der Waals surface area contributed by atoms with Gasteiger partial charge in [0.25, 0.3) is 0 Å². The van der Waals surface area contributed by atoms with Crippen LogP contribution in [0.25, 0.3) is 32.9 Å². The van der Waals surface area contributed by atoms with Gasteiger partial charge in [-0.2, -0.15) is 4.57 Å². The number of H-pyrrole nitrogens is 1. The van der Waals surface area contributed by atoms with E-state index in [2.05, 4.69) is 71.3 Å². The molecule has 2 aliphatic rings. The predicted molar refractivity (Wildman–Crippen MR) is 143 cm³/mol. The molecule has 0 saturated heterocycles. The van der Waals surface area contributed by atoms with E-state index in [0.29, 0.717) is 0 Å². The predicted octanol–water partition coefficient (Wildman–Crippen LogP) is 3.12. The Hall–Kier alpha value is -3.46. The topological polar surface area (TPSA) is 56.6 Å². The molecule has 1 atom stereocenters. The molecule has 7 heteroatoms. The van der Waals surface area contributed by atoms with Crippen molar-refractivity contribution in [3.8, 4) is 34.3 Å². The highest BCUT2D eigenvalue weighted by atomic mass is 127. The van der Waals surface area contributed by atoms with E-state index in [9.17, 15) is 0 Å². The fourth-order valence-electron chi connectivity index (χ4n) is 6.26. The van der Waals surface area contributed by atoms with E-state index in [4.69, 9.17) is 18.9 Å². The summed E-state index contributed by atoms with van der Waals surface area (Å²) >= 11 is 0. The lowest BCUT2D eigenvalue weighted by Gasteiger charge is -2.25. The van der Waals surface area contributed by atoms with Gasteiger partial charge in [0.2, 0.25) is 12.5 Å². The van der Waals surface area contributed by atoms with Crippen LogP contribution in [-0.2, 0) is 13.0 Å². The summed E-state index contributed by atoms with van der Waals surface area (Å²) in [5.74, 6) is 3.31. The zero-order valence-corrected chi connectivity index (χ0v) is 23.8. The number of aromatic nitrogens is 2. The van der Waals surface area contributed by atoms with Crippen LogP contribution in [0, 0.1) is 0 Å². The largest absolute Gasteiger partial charge is 1.00 e. The van der Waals surface area contributed by atoms with Crippen LogP contribution in [0.1, 0.15) is 36.0 Å². The lowest BCUT2D eigenvalue weighted by molar-refractivity contribution is -0.686. The zero-order chi connectivity index (χ0) is 25.1. The maximum absolute atomic E-state index is 5.92. The summed E-state index contributed by atoms with van der Waals surface area (Å²) in [7, 11) is 3.41. The van der Waals surface area contributed by atoms with E-state index < -0.39 is 0 Å². The van der Waals surface area contributed by atoms with Crippen LogP contribution in [0.15, 0.2) is 60.9 Å². The molecule has 3 aromatic carbocycles. The van der Waals surface area contributed by atoms with Crippen molar-refractivity contribution >= 4 is 21.7 Å². The number of pyridine rings is 1. The number of halogens is 1. The number of para-hydroxylation sites is 1. The van der Waals surface area contributed by atoms with Crippen LogP contribution >= 0.6 is 0 Å². The highest BCUT2D eigenvalue weighted by Crippen LogP contribution is 2.47. The molecule has 0 aliphatic carbocycles. The molecule has 0 amide bonds. The third kappa shape index (κ3) is 3.62. The van der Waals surface area contributed by atoms with Crippen molar-refractivity contribution in [2.45, 2.75) is 32.2 Å². The van der Waals surface area contributed by atoms with Gasteiger partial charge in [-0.15, -0.1) is 0 Å². The van der Waals surface area contributed by atoms with Crippen LogP contribution in [0.5, 0.6) is 23.0 Å². The third-order valence-electron chi connectivity index (χ3n) is 7.93. The summed E-state index contributed by atoms with van der Waals surface area (Å²) in [5.41, 5.74) is 7.48. The Kier molecular flexibility index (Phi) is 6.34. The van der Waals surface area contributed by atoms with Crippen LogP contribution in [0.3, 0.4) is 0 Å². The van der Waals surface area contributed by atoms with Gasteiger partial charge in [0.15, 0.2) is 35.7 Å². The van der Waals surface area contributed by atoms with Crippen molar-refractivity contribution in [2.75, 3.05) is 21.0 Å². The second-order valence-electron chi connectivity index (χ2n) is 9.71. The Balaban J connectivity index is 0.00000264. The van der Waals surface area contributed by atoms with Crippen molar-refractivity contribution < 1.29 is 47.5 Å². The highest BCUT2D eigenvalue weighted by Gasteiger charge is 2.35. The average Bonchev–Trinajstić information content (AvgIpc) is 3.58. The van der Waals surface area contributed by atoms with E-state index in [1.807, 2.05) is 6.07 Å². The Morgan fingerprint density at radius 1 is 0.974 bits per heavy atom. The molecule has 0 spiro atoms. The summed E-state index contributed by atoms with van der Waals surface area (Å²) in [6.07, 6.45) is 6.27. The molecular weight excluding hydrogens is 591 g/mol. The number of methoxy groups -OCH3 is 2. The van der Waals surface area contributed by atoms with Gasteiger partial charge in [-0.3, -0.25) is 0 Å². The zero-order valence-electron chi connectivity index (χ0n) is 21.6. The fourth-order valence-corrected chi connectivity index (χ4v) is 6.26. The maximum Gasteiger partial charge on any atom is 0.231 e. The molecule has 0 saturated carbocycles. The maximum atomic E-state index is 5.92. The van der Waals surface area contributed by atoms with Crippen LogP contribution in [-0.4, -0.2) is 26.0 Å². The lowest BCUT2D eigenvalue weighted by Crippen LogP contribution is -3.00. The number of aryl methyl sites for hydroxylation is 2. The second-order valence-corrected chi connectivity index (χ2v) is 9.71. The van der Waals surface area contributed by atoms with Crippen molar-refractivity contribution in [1.82, 2.24) is 4.98 Å². The summed E-state index contributed by atoms with van der Waals surface area (Å²) in [5, 5.41) is 3.49. The molecule has 0 fully saturated rings. The molecule has 2 aromatic heterocycles. The number of benzene rings is 3. The van der Waals surface area contributed by atoms with Crippen molar-refractivity contribution in [3.63, 3.8) is 0 Å². The summed E-state index contributed by atoms with van der Waals surface area (Å²) in [6, 6.07) is 17.1. The van der Waals surface area contributed by atoms with Gasteiger partial charge in [-0.25, -0.2) is 0 Å². The van der Waals surface area contributed by atoms with E-state index in [-0.39, 0.29) is 36.7 Å². The number of rotatable bonds is 5. The second kappa shape index (κ2) is 9.69. The minimum atomic E-state index is 0. The van der Waals surface area contributed by atoms with Gasteiger partial charge < -0.3 is 47.9 Å².